The monoisotopic (exact) mass is 331 g/mol. The van der Waals surface area contributed by atoms with Gasteiger partial charge in [0.2, 0.25) is 0 Å². The number of thiophene rings is 1. The molecule has 3 heterocycles. The number of likely N-dealkylation sites (tertiary alicyclic amines) is 1. The number of nitrogens with zero attached hydrogens (tertiary/aromatic N) is 2. The van der Waals surface area contributed by atoms with Crippen molar-refractivity contribution in [3.63, 3.8) is 0 Å². The molecular weight excluding hydrogens is 306 g/mol. The SMILES string of the molecule is CC1CC(C)CN(C(=O)c2sc3nc(C(C)C)ccc3c2N)C1. The first kappa shape index (κ1) is 16.2. The van der Waals surface area contributed by atoms with Crippen LogP contribution in [-0.2, 0) is 0 Å². The molecule has 1 fully saturated rings. The summed E-state index contributed by atoms with van der Waals surface area (Å²) in [6, 6.07) is 4.01. The smallest absolute Gasteiger partial charge is 0.266 e. The Labute approximate surface area is 141 Å². The fourth-order valence-corrected chi connectivity index (χ4v) is 4.53. The molecule has 0 radical (unpaired) electrons. The second-order valence-electron chi connectivity index (χ2n) is 7.24. The summed E-state index contributed by atoms with van der Waals surface area (Å²) in [6.45, 7) is 10.3. The Balaban J connectivity index is 1.95. The average Bonchev–Trinajstić information content (AvgIpc) is 2.82. The van der Waals surface area contributed by atoms with Gasteiger partial charge in [-0.1, -0.05) is 27.7 Å². The van der Waals surface area contributed by atoms with E-state index in [9.17, 15) is 4.79 Å². The number of aromatic nitrogens is 1. The molecule has 2 aromatic rings. The first-order chi connectivity index (χ1) is 10.9. The number of nitrogen functional groups attached to an aromatic ring is 1. The van der Waals surface area contributed by atoms with E-state index >= 15 is 0 Å². The van der Waals surface area contributed by atoms with E-state index in [-0.39, 0.29) is 5.91 Å². The number of fused-ring (bicyclic) bond motifs is 1. The lowest BCUT2D eigenvalue weighted by Crippen LogP contribution is -2.42. The van der Waals surface area contributed by atoms with Crippen LogP contribution < -0.4 is 5.73 Å². The fourth-order valence-electron chi connectivity index (χ4n) is 3.46. The van der Waals surface area contributed by atoms with Crippen molar-refractivity contribution in [2.24, 2.45) is 11.8 Å². The number of carbonyl (C=O) groups is 1. The Bertz CT molecular complexity index is 727. The molecule has 0 aliphatic carbocycles. The van der Waals surface area contributed by atoms with Crippen molar-refractivity contribution >= 4 is 33.1 Å². The molecule has 0 spiro atoms. The second-order valence-corrected chi connectivity index (χ2v) is 8.24. The van der Waals surface area contributed by atoms with Crippen LogP contribution >= 0.6 is 11.3 Å². The van der Waals surface area contributed by atoms with Gasteiger partial charge in [0.25, 0.3) is 5.91 Å². The third-order valence-corrected chi connectivity index (χ3v) is 5.66. The maximum Gasteiger partial charge on any atom is 0.266 e. The zero-order chi connectivity index (χ0) is 16.7. The lowest BCUT2D eigenvalue weighted by Gasteiger charge is -2.34. The predicted molar refractivity (Wildman–Crippen MR) is 97.0 cm³/mol. The summed E-state index contributed by atoms with van der Waals surface area (Å²) < 4.78 is 0. The standard InChI is InChI=1S/C18H25N3OS/c1-10(2)14-6-5-13-15(19)16(23-17(13)20-14)18(22)21-8-11(3)7-12(4)9-21/h5-6,10-12H,7-9,19H2,1-4H3. The molecule has 2 unspecified atom stereocenters. The van der Waals surface area contributed by atoms with Crippen LogP contribution in [0.2, 0.25) is 0 Å². The minimum Gasteiger partial charge on any atom is -0.397 e. The van der Waals surface area contributed by atoms with Crippen LogP contribution in [0.4, 0.5) is 5.69 Å². The fraction of sp³-hybridized carbons (Fsp3) is 0.556. The second kappa shape index (κ2) is 6.11. The van der Waals surface area contributed by atoms with Gasteiger partial charge in [0.05, 0.1) is 5.69 Å². The van der Waals surface area contributed by atoms with Crippen LogP contribution in [0, 0.1) is 11.8 Å². The van der Waals surface area contributed by atoms with Gasteiger partial charge in [0, 0.05) is 24.2 Å². The molecule has 0 aromatic carbocycles. The number of nitrogens with two attached hydrogens (primary N) is 1. The van der Waals surface area contributed by atoms with Gasteiger partial charge in [-0.05, 0) is 36.3 Å². The van der Waals surface area contributed by atoms with E-state index in [2.05, 4.69) is 32.7 Å². The highest BCUT2D eigenvalue weighted by molar-refractivity contribution is 7.21. The molecule has 0 bridgehead atoms. The zero-order valence-electron chi connectivity index (χ0n) is 14.3. The van der Waals surface area contributed by atoms with E-state index in [1.807, 2.05) is 17.0 Å². The van der Waals surface area contributed by atoms with Crippen LogP contribution in [0.15, 0.2) is 12.1 Å². The first-order valence-electron chi connectivity index (χ1n) is 8.35. The maximum absolute atomic E-state index is 12.9. The van der Waals surface area contributed by atoms with E-state index in [1.165, 1.54) is 17.8 Å². The van der Waals surface area contributed by atoms with Gasteiger partial charge in [-0.25, -0.2) is 4.98 Å². The highest BCUT2D eigenvalue weighted by atomic mass is 32.1. The molecule has 4 nitrogen and oxygen atoms in total. The van der Waals surface area contributed by atoms with E-state index in [1.54, 1.807) is 0 Å². The average molecular weight is 331 g/mol. The topological polar surface area (TPSA) is 59.2 Å². The number of piperidine rings is 1. The number of carbonyl (C=O) groups excluding carboxylic acids is 1. The lowest BCUT2D eigenvalue weighted by molar-refractivity contribution is 0.0629. The van der Waals surface area contributed by atoms with Gasteiger partial charge in [-0.3, -0.25) is 4.79 Å². The zero-order valence-corrected chi connectivity index (χ0v) is 15.1. The van der Waals surface area contributed by atoms with Gasteiger partial charge < -0.3 is 10.6 Å². The third-order valence-electron chi connectivity index (χ3n) is 4.56. The molecule has 1 aliphatic heterocycles. The Kier molecular flexibility index (Phi) is 4.32. The van der Waals surface area contributed by atoms with Gasteiger partial charge in [0.15, 0.2) is 0 Å². The highest BCUT2D eigenvalue weighted by Crippen LogP contribution is 2.35. The van der Waals surface area contributed by atoms with Crippen molar-refractivity contribution < 1.29 is 4.79 Å². The molecule has 5 heteroatoms. The predicted octanol–water partition coefficient (Wildman–Crippen LogP) is 4.12. The van der Waals surface area contributed by atoms with Crippen molar-refractivity contribution in [1.82, 2.24) is 9.88 Å². The lowest BCUT2D eigenvalue weighted by atomic mass is 9.92. The summed E-state index contributed by atoms with van der Waals surface area (Å²) in [5.74, 6) is 1.52. The summed E-state index contributed by atoms with van der Waals surface area (Å²) >= 11 is 1.43. The minimum atomic E-state index is 0.0648. The molecule has 1 amide bonds. The molecule has 0 saturated carbocycles. The van der Waals surface area contributed by atoms with Crippen molar-refractivity contribution in [2.75, 3.05) is 18.8 Å². The largest absolute Gasteiger partial charge is 0.397 e. The first-order valence-corrected chi connectivity index (χ1v) is 9.16. The molecule has 124 valence electrons. The van der Waals surface area contributed by atoms with Crippen molar-refractivity contribution in [1.29, 1.82) is 0 Å². The molecule has 3 rings (SSSR count). The van der Waals surface area contributed by atoms with Gasteiger partial charge in [-0.2, -0.15) is 0 Å². The number of anilines is 1. The summed E-state index contributed by atoms with van der Waals surface area (Å²) in [7, 11) is 0. The normalized spacial score (nSPS) is 22.0. The Morgan fingerprint density at radius 2 is 1.96 bits per heavy atom. The minimum absolute atomic E-state index is 0.0648. The Morgan fingerprint density at radius 3 is 2.57 bits per heavy atom. The number of amides is 1. The third kappa shape index (κ3) is 3.07. The van der Waals surface area contributed by atoms with Crippen LogP contribution in [0.25, 0.3) is 10.2 Å². The number of hydrogen-bond donors (Lipinski definition) is 1. The van der Waals surface area contributed by atoms with E-state index in [0.717, 1.165) is 29.0 Å². The molecule has 2 atom stereocenters. The van der Waals surface area contributed by atoms with Crippen molar-refractivity contribution in [3.8, 4) is 0 Å². The van der Waals surface area contributed by atoms with Crippen molar-refractivity contribution in [3.05, 3.63) is 22.7 Å². The van der Waals surface area contributed by atoms with E-state index in [4.69, 9.17) is 5.73 Å². The molecule has 1 saturated heterocycles. The summed E-state index contributed by atoms with van der Waals surface area (Å²) in [5.41, 5.74) is 7.89. The molecule has 2 aromatic heterocycles. The highest BCUT2D eigenvalue weighted by Gasteiger charge is 2.29. The van der Waals surface area contributed by atoms with Crippen LogP contribution in [0.3, 0.4) is 0 Å². The Hall–Kier alpha value is -1.62. The summed E-state index contributed by atoms with van der Waals surface area (Å²) in [5, 5.41) is 0.904. The summed E-state index contributed by atoms with van der Waals surface area (Å²) in [6.07, 6.45) is 1.19. The molecule has 2 N–H and O–H groups in total. The van der Waals surface area contributed by atoms with Crippen molar-refractivity contribution in [2.45, 2.75) is 40.0 Å². The van der Waals surface area contributed by atoms with Crippen LogP contribution in [-0.4, -0.2) is 28.9 Å². The quantitative estimate of drug-likeness (QED) is 0.900. The maximum atomic E-state index is 12.9. The summed E-state index contributed by atoms with van der Waals surface area (Å²) in [4.78, 5) is 21.1. The molecular formula is C18H25N3OS. The van der Waals surface area contributed by atoms with Gasteiger partial charge in [0.1, 0.15) is 9.71 Å². The number of rotatable bonds is 2. The van der Waals surface area contributed by atoms with E-state index in [0.29, 0.717) is 28.3 Å². The molecule has 1 aliphatic rings. The molecule has 23 heavy (non-hydrogen) atoms. The van der Waals surface area contributed by atoms with Gasteiger partial charge >= 0.3 is 0 Å². The number of hydrogen-bond acceptors (Lipinski definition) is 4. The van der Waals surface area contributed by atoms with Crippen LogP contribution in [0.1, 0.15) is 55.4 Å². The van der Waals surface area contributed by atoms with Gasteiger partial charge in [-0.15, -0.1) is 11.3 Å². The van der Waals surface area contributed by atoms with E-state index < -0.39 is 0 Å². The Morgan fingerprint density at radius 1 is 1.30 bits per heavy atom. The number of pyridine rings is 1. The van der Waals surface area contributed by atoms with Crippen LogP contribution in [0.5, 0.6) is 0 Å².